The Bertz CT molecular complexity index is 991. The number of likely N-dealkylation sites (tertiary alicyclic amines) is 1. The lowest BCUT2D eigenvalue weighted by atomic mass is 10.1. The van der Waals surface area contributed by atoms with Gasteiger partial charge in [-0.3, -0.25) is 19.3 Å². The maximum absolute atomic E-state index is 12.5. The van der Waals surface area contributed by atoms with Gasteiger partial charge < -0.3 is 9.64 Å². The fourth-order valence-electron chi connectivity index (χ4n) is 3.84. The first-order valence-corrected chi connectivity index (χ1v) is 9.99. The second-order valence-electron chi connectivity index (χ2n) is 7.52. The third-order valence-electron chi connectivity index (χ3n) is 5.43. The van der Waals surface area contributed by atoms with Gasteiger partial charge in [-0.2, -0.15) is 0 Å². The fraction of sp³-hybridized carbons (Fsp3) is 0.304. The summed E-state index contributed by atoms with van der Waals surface area (Å²) in [4.78, 5) is 52.8. The Kier molecular flexibility index (Phi) is 5.35. The lowest BCUT2D eigenvalue weighted by molar-refractivity contribution is -0.138. The molecule has 0 N–H and O–H groups in total. The van der Waals surface area contributed by atoms with Crippen LogP contribution in [-0.4, -0.2) is 52.7 Å². The number of imide groups is 1. The summed E-state index contributed by atoms with van der Waals surface area (Å²) in [6.45, 7) is 3.00. The van der Waals surface area contributed by atoms with Crippen LogP contribution in [0.4, 0.5) is 0 Å². The second-order valence-corrected chi connectivity index (χ2v) is 7.52. The smallest absolute Gasteiger partial charge is 0.338 e. The minimum absolute atomic E-state index is 0.0513. The van der Waals surface area contributed by atoms with Gasteiger partial charge in [0.2, 0.25) is 0 Å². The van der Waals surface area contributed by atoms with Crippen LogP contribution < -0.4 is 0 Å². The molecule has 2 aromatic rings. The van der Waals surface area contributed by atoms with E-state index >= 15 is 0 Å². The molecule has 1 atom stereocenters. The Hall–Kier alpha value is -3.48. The number of amides is 3. The molecule has 1 saturated heterocycles. The zero-order valence-corrected chi connectivity index (χ0v) is 16.7. The summed E-state index contributed by atoms with van der Waals surface area (Å²) in [5.41, 5.74) is 1.65. The van der Waals surface area contributed by atoms with Gasteiger partial charge in [-0.25, -0.2) is 4.79 Å². The third-order valence-corrected chi connectivity index (χ3v) is 5.43. The molecule has 2 heterocycles. The standard InChI is InChI=1S/C23H22N2O5/c1-15(20(26)24-11-4-5-12-24)30-23(29)17-8-6-7-16(13-17)14-25-21(27)18-9-2-3-10-19(18)22(25)28/h2-3,6-10,13,15H,4-5,11-12,14H2,1H3. The lowest BCUT2D eigenvalue weighted by Crippen LogP contribution is -2.38. The lowest BCUT2D eigenvalue weighted by Gasteiger charge is -2.20. The molecule has 2 aromatic carbocycles. The molecule has 30 heavy (non-hydrogen) atoms. The van der Waals surface area contributed by atoms with Crippen molar-refractivity contribution < 1.29 is 23.9 Å². The summed E-state index contributed by atoms with van der Waals surface area (Å²) in [6, 6.07) is 13.3. The molecule has 0 aliphatic carbocycles. The van der Waals surface area contributed by atoms with Gasteiger partial charge in [0.05, 0.1) is 23.2 Å². The van der Waals surface area contributed by atoms with Gasteiger partial charge in [0, 0.05) is 13.1 Å². The largest absolute Gasteiger partial charge is 0.449 e. The molecular weight excluding hydrogens is 384 g/mol. The number of benzene rings is 2. The summed E-state index contributed by atoms with van der Waals surface area (Å²) >= 11 is 0. The van der Waals surface area contributed by atoms with Crippen molar-refractivity contribution in [3.63, 3.8) is 0 Å². The van der Waals surface area contributed by atoms with Crippen LogP contribution >= 0.6 is 0 Å². The predicted octanol–water partition coefficient (Wildman–Crippen LogP) is 2.65. The van der Waals surface area contributed by atoms with Gasteiger partial charge in [-0.05, 0) is 49.6 Å². The summed E-state index contributed by atoms with van der Waals surface area (Å²) < 4.78 is 5.35. The molecule has 0 spiro atoms. The Morgan fingerprint density at radius 3 is 2.23 bits per heavy atom. The average molecular weight is 406 g/mol. The first-order valence-electron chi connectivity index (χ1n) is 9.99. The van der Waals surface area contributed by atoms with Gasteiger partial charge in [-0.15, -0.1) is 0 Å². The highest BCUT2D eigenvalue weighted by Crippen LogP contribution is 2.24. The van der Waals surface area contributed by atoms with Crippen molar-refractivity contribution in [1.29, 1.82) is 0 Å². The number of ether oxygens (including phenoxy) is 1. The fourth-order valence-corrected chi connectivity index (χ4v) is 3.84. The first-order chi connectivity index (χ1) is 14.5. The van der Waals surface area contributed by atoms with Gasteiger partial charge in [0.15, 0.2) is 6.10 Å². The van der Waals surface area contributed by atoms with Crippen molar-refractivity contribution in [3.8, 4) is 0 Å². The highest BCUT2D eigenvalue weighted by Gasteiger charge is 2.35. The molecule has 7 nitrogen and oxygen atoms in total. The summed E-state index contributed by atoms with van der Waals surface area (Å²) in [6.07, 6.45) is 1.06. The third kappa shape index (κ3) is 3.70. The van der Waals surface area contributed by atoms with Gasteiger partial charge in [0.25, 0.3) is 17.7 Å². The van der Waals surface area contributed by atoms with E-state index in [1.54, 1.807) is 60.4 Å². The molecule has 3 amide bonds. The number of nitrogens with zero attached hydrogens (tertiary/aromatic N) is 2. The van der Waals surface area contributed by atoms with E-state index in [9.17, 15) is 19.2 Å². The van der Waals surface area contributed by atoms with Crippen molar-refractivity contribution in [2.45, 2.75) is 32.4 Å². The number of carbonyl (C=O) groups excluding carboxylic acids is 4. The number of rotatable bonds is 5. The second kappa shape index (κ2) is 8.10. The Balaban J connectivity index is 1.44. The minimum atomic E-state index is -0.865. The molecule has 0 radical (unpaired) electrons. The normalized spacial score (nSPS) is 16.6. The number of hydrogen-bond acceptors (Lipinski definition) is 5. The molecule has 7 heteroatoms. The summed E-state index contributed by atoms with van der Waals surface area (Å²) in [5, 5.41) is 0. The van der Waals surface area contributed by atoms with E-state index < -0.39 is 12.1 Å². The zero-order valence-electron chi connectivity index (χ0n) is 16.7. The minimum Gasteiger partial charge on any atom is -0.449 e. The van der Waals surface area contributed by atoms with Crippen LogP contribution in [0.3, 0.4) is 0 Å². The molecule has 1 unspecified atom stereocenters. The highest BCUT2D eigenvalue weighted by atomic mass is 16.5. The summed E-state index contributed by atoms with van der Waals surface area (Å²) in [5.74, 6) is -1.51. The van der Waals surface area contributed by atoms with E-state index in [1.807, 2.05) is 0 Å². The molecule has 1 fully saturated rings. The predicted molar refractivity (Wildman–Crippen MR) is 108 cm³/mol. The van der Waals surface area contributed by atoms with Crippen LogP contribution in [0.15, 0.2) is 48.5 Å². The van der Waals surface area contributed by atoms with Gasteiger partial charge in [0.1, 0.15) is 0 Å². The van der Waals surface area contributed by atoms with E-state index in [4.69, 9.17) is 4.74 Å². The van der Waals surface area contributed by atoms with E-state index in [-0.39, 0.29) is 29.8 Å². The van der Waals surface area contributed by atoms with E-state index in [0.717, 1.165) is 17.7 Å². The average Bonchev–Trinajstić information content (AvgIpc) is 3.37. The maximum Gasteiger partial charge on any atom is 0.338 e. The number of carbonyl (C=O) groups is 4. The van der Waals surface area contributed by atoms with Crippen LogP contribution in [0.5, 0.6) is 0 Å². The first kappa shape index (κ1) is 19.8. The van der Waals surface area contributed by atoms with E-state index in [2.05, 4.69) is 0 Å². The SMILES string of the molecule is CC(OC(=O)c1cccc(CN2C(=O)c3ccccc3C2=O)c1)C(=O)N1CCCC1. The van der Waals surface area contributed by atoms with Crippen LogP contribution in [-0.2, 0) is 16.1 Å². The van der Waals surface area contributed by atoms with Crippen LogP contribution in [0.25, 0.3) is 0 Å². The number of fused-ring (bicyclic) bond motifs is 1. The number of hydrogen-bond donors (Lipinski definition) is 0. The molecule has 154 valence electrons. The van der Waals surface area contributed by atoms with Crippen LogP contribution in [0, 0.1) is 0 Å². The molecule has 0 saturated carbocycles. The molecule has 4 rings (SSSR count). The molecule has 2 aliphatic heterocycles. The monoisotopic (exact) mass is 406 g/mol. The molecule has 0 bridgehead atoms. The van der Waals surface area contributed by atoms with Crippen molar-refractivity contribution in [1.82, 2.24) is 9.80 Å². The Morgan fingerprint density at radius 2 is 1.60 bits per heavy atom. The molecular formula is C23H22N2O5. The van der Waals surface area contributed by atoms with Crippen molar-refractivity contribution in [2.24, 2.45) is 0 Å². The van der Waals surface area contributed by atoms with Gasteiger partial charge >= 0.3 is 5.97 Å². The van der Waals surface area contributed by atoms with E-state index in [0.29, 0.717) is 29.8 Å². The van der Waals surface area contributed by atoms with Crippen LogP contribution in [0.1, 0.15) is 56.4 Å². The van der Waals surface area contributed by atoms with Crippen LogP contribution in [0.2, 0.25) is 0 Å². The topological polar surface area (TPSA) is 84.0 Å². The Labute approximate surface area is 174 Å². The highest BCUT2D eigenvalue weighted by molar-refractivity contribution is 6.21. The molecule has 2 aliphatic rings. The number of esters is 1. The van der Waals surface area contributed by atoms with Gasteiger partial charge in [-0.1, -0.05) is 24.3 Å². The van der Waals surface area contributed by atoms with E-state index in [1.165, 1.54) is 0 Å². The molecule has 0 aromatic heterocycles. The van der Waals surface area contributed by atoms with Crippen molar-refractivity contribution in [2.75, 3.05) is 13.1 Å². The Morgan fingerprint density at radius 1 is 0.967 bits per heavy atom. The summed E-state index contributed by atoms with van der Waals surface area (Å²) in [7, 11) is 0. The van der Waals surface area contributed by atoms with Crippen molar-refractivity contribution >= 4 is 23.7 Å². The zero-order chi connectivity index (χ0) is 21.3. The van der Waals surface area contributed by atoms with Crippen molar-refractivity contribution in [3.05, 3.63) is 70.8 Å². The quantitative estimate of drug-likeness (QED) is 0.563. The maximum atomic E-state index is 12.5.